The monoisotopic (exact) mass is 287 g/mol. The number of nitrogens with one attached hydrogen (secondary N) is 1. The van der Waals surface area contributed by atoms with Crippen molar-refractivity contribution in [3.8, 4) is 5.75 Å². The van der Waals surface area contributed by atoms with Crippen molar-refractivity contribution >= 4 is 16.6 Å². The second-order valence-corrected chi connectivity index (χ2v) is 5.73. The van der Waals surface area contributed by atoms with Crippen LogP contribution >= 0.6 is 0 Å². The molecule has 114 valence electrons. The summed E-state index contributed by atoms with van der Waals surface area (Å²) in [7, 11) is 6.09. The first-order chi connectivity index (χ1) is 10.0. The number of rotatable bonds is 6. The van der Waals surface area contributed by atoms with Gasteiger partial charge in [-0.1, -0.05) is 0 Å². The average Bonchev–Trinajstić information content (AvgIpc) is 2.43. The molecule has 0 amide bonds. The van der Waals surface area contributed by atoms with E-state index in [0.717, 1.165) is 35.3 Å². The van der Waals surface area contributed by atoms with Gasteiger partial charge in [0, 0.05) is 43.8 Å². The molecule has 1 aromatic heterocycles. The Morgan fingerprint density at radius 2 is 2.00 bits per heavy atom. The quantitative estimate of drug-likeness (QED) is 0.886. The van der Waals surface area contributed by atoms with Crippen LogP contribution in [0.15, 0.2) is 24.3 Å². The van der Waals surface area contributed by atoms with Gasteiger partial charge in [0.1, 0.15) is 5.75 Å². The lowest BCUT2D eigenvalue weighted by atomic mass is 10.1. The molecule has 2 aromatic rings. The summed E-state index contributed by atoms with van der Waals surface area (Å²) < 4.78 is 5.80. The van der Waals surface area contributed by atoms with Gasteiger partial charge in [-0.05, 0) is 45.2 Å². The lowest BCUT2D eigenvalue weighted by molar-refractivity contribution is 0.243. The predicted octanol–water partition coefficient (Wildman–Crippen LogP) is 2.85. The number of anilines is 1. The highest BCUT2D eigenvalue weighted by Gasteiger charge is 2.09. The van der Waals surface area contributed by atoms with Gasteiger partial charge in [-0.15, -0.1) is 0 Å². The zero-order valence-corrected chi connectivity index (χ0v) is 13.6. The molecular weight excluding hydrogens is 262 g/mol. The molecule has 0 spiro atoms. The van der Waals surface area contributed by atoms with Gasteiger partial charge < -0.3 is 15.0 Å². The summed E-state index contributed by atoms with van der Waals surface area (Å²) in [6.07, 6.45) is 1.10. The van der Waals surface area contributed by atoms with Gasteiger partial charge in [0.05, 0.1) is 11.6 Å². The van der Waals surface area contributed by atoms with Crippen LogP contribution in [-0.4, -0.2) is 38.8 Å². The fourth-order valence-corrected chi connectivity index (χ4v) is 2.34. The van der Waals surface area contributed by atoms with Gasteiger partial charge >= 0.3 is 0 Å². The zero-order chi connectivity index (χ0) is 15.4. The van der Waals surface area contributed by atoms with Crippen LogP contribution in [0.25, 0.3) is 10.9 Å². The molecule has 0 bridgehead atoms. The predicted molar refractivity (Wildman–Crippen MR) is 89.5 cm³/mol. The number of pyridine rings is 1. The maximum absolute atomic E-state index is 5.80. The van der Waals surface area contributed by atoms with Crippen molar-refractivity contribution in [1.82, 2.24) is 10.3 Å². The second-order valence-electron chi connectivity index (χ2n) is 5.73. The summed E-state index contributed by atoms with van der Waals surface area (Å²) in [4.78, 5) is 6.88. The van der Waals surface area contributed by atoms with Crippen LogP contribution < -0.4 is 15.0 Å². The minimum atomic E-state index is 0.174. The number of aromatic nitrogens is 1. The van der Waals surface area contributed by atoms with Crippen LogP contribution in [-0.2, 0) is 6.42 Å². The topological polar surface area (TPSA) is 37.4 Å². The summed E-state index contributed by atoms with van der Waals surface area (Å²) in [6.45, 7) is 5.01. The number of nitrogens with zero attached hydrogens (tertiary/aromatic N) is 2. The summed E-state index contributed by atoms with van der Waals surface area (Å²) in [5, 5.41) is 4.30. The van der Waals surface area contributed by atoms with E-state index in [1.165, 1.54) is 5.69 Å². The highest BCUT2D eigenvalue weighted by molar-refractivity contribution is 5.92. The third kappa shape index (κ3) is 3.85. The van der Waals surface area contributed by atoms with E-state index in [-0.39, 0.29) is 6.10 Å². The lowest BCUT2D eigenvalue weighted by Gasteiger charge is -2.18. The molecule has 0 saturated carbocycles. The van der Waals surface area contributed by atoms with Crippen molar-refractivity contribution in [1.29, 1.82) is 0 Å². The Balaban J connectivity index is 2.48. The van der Waals surface area contributed by atoms with E-state index in [1.54, 1.807) is 0 Å². The van der Waals surface area contributed by atoms with E-state index in [0.29, 0.717) is 0 Å². The third-order valence-corrected chi connectivity index (χ3v) is 3.30. The van der Waals surface area contributed by atoms with Crippen LogP contribution in [0.2, 0.25) is 0 Å². The summed E-state index contributed by atoms with van der Waals surface area (Å²) in [6, 6.07) is 8.29. The Labute approximate surface area is 127 Å². The number of benzene rings is 1. The van der Waals surface area contributed by atoms with E-state index in [1.807, 2.05) is 33.0 Å². The van der Waals surface area contributed by atoms with Gasteiger partial charge in [-0.2, -0.15) is 0 Å². The van der Waals surface area contributed by atoms with Crippen molar-refractivity contribution in [2.75, 3.05) is 32.6 Å². The Bertz CT molecular complexity index is 608. The first kappa shape index (κ1) is 15.6. The number of hydrogen-bond acceptors (Lipinski definition) is 4. The Morgan fingerprint density at radius 3 is 2.62 bits per heavy atom. The van der Waals surface area contributed by atoms with Crippen molar-refractivity contribution < 1.29 is 4.74 Å². The SMILES string of the molecule is CNCCc1cc(N(C)C)c2cc(OC(C)C)ccc2n1. The minimum Gasteiger partial charge on any atom is -0.491 e. The molecule has 0 fully saturated rings. The smallest absolute Gasteiger partial charge is 0.120 e. The Kier molecular flexibility index (Phi) is 5.02. The normalized spacial score (nSPS) is 11.1. The van der Waals surface area contributed by atoms with Gasteiger partial charge in [0.25, 0.3) is 0 Å². The molecular formula is C17H25N3O. The van der Waals surface area contributed by atoms with E-state index < -0.39 is 0 Å². The fraction of sp³-hybridized carbons (Fsp3) is 0.471. The largest absolute Gasteiger partial charge is 0.491 e. The summed E-state index contributed by atoms with van der Waals surface area (Å²) >= 11 is 0. The Hall–Kier alpha value is -1.81. The Morgan fingerprint density at radius 1 is 1.24 bits per heavy atom. The lowest BCUT2D eigenvalue weighted by Crippen LogP contribution is -2.14. The minimum absolute atomic E-state index is 0.174. The summed E-state index contributed by atoms with van der Waals surface area (Å²) in [5.41, 5.74) is 3.31. The van der Waals surface area contributed by atoms with E-state index in [4.69, 9.17) is 9.72 Å². The standard InChI is InChI=1S/C17H25N3O/c1-12(2)21-14-6-7-16-15(11-14)17(20(4)5)10-13(19-16)8-9-18-3/h6-7,10-12,18H,8-9H2,1-5H3. The molecule has 4 heteroatoms. The molecule has 21 heavy (non-hydrogen) atoms. The van der Waals surface area contributed by atoms with Crippen molar-refractivity contribution in [3.05, 3.63) is 30.0 Å². The van der Waals surface area contributed by atoms with Crippen LogP contribution in [0.1, 0.15) is 19.5 Å². The molecule has 0 atom stereocenters. The van der Waals surface area contributed by atoms with Crippen molar-refractivity contribution in [3.63, 3.8) is 0 Å². The van der Waals surface area contributed by atoms with Gasteiger partial charge in [0.2, 0.25) is 0 Å². The van der Waals surface area contributed by atoms with Crippen LogP contribution in [0, 0.1) is 0 Å². The number of ether oxygens (including phenoxy) is 1. The third-order valence-electron chi connectivity index (χ3n) is 3.30. The van der Waals surface area contributed by atoms with Crippen LogP contribution in [0.3, 0.4) is 0 Å². The molecule has 1 N–H and O–H groups in total. The first-order valence-electron chi connectivity index (χ1n) is 7.43. The van der Waals surface area contributed by atoms with Crippen molar-refractivity contribution in [2.24, 2.45) is 0 Å². The fourth-order valence-electron chi connectivity index (χ4n) is 2.34. The second kappa shape index (κ2) is 6.76. The highest BCUT2D eigenvalue weighted by Crippen LogP contribution is 2.29. The molecule has 0 radical (unpaired) electrons. The number of likely N-dealkylation sites (N-methyl/N-ethyl adjacent to an activating group) is 1. The number of fused-ring (bicyclic) bond motifs is 1. The number of hydrogen-bond donors (Lipinski definition) is 1. The molecule has 0 saturated heterocycles. The summed E-state index contributed by atoms with van der Waals surface area (Å²) in [5.74, 6) is 0.894. The molecule has 1 aromatic carbocycles. The van der Waals surface area contributed by atoms with Crippen LogP contribution in [0.5, 0.6) is 5.75 Å². The van der Waals surface area contributed by atoms with Gasteiger partial charge in [-0.3, -0.25) is 4.98 Å². The zero-order valence-electron chi connectivity index (χ0n) is 13.6. The van der Waals surface area contributed by atoms with E-state index >= 15 is 0 Å². The highest BCUT2D eigenvalue weighted by atomic mass is 16.5. The van der Waals surface area contributed by atoms with Crippen molar-refractivity contribution in [2.45, 2.75) is 26.4 Å². The molecule has 0 aliphatic rings. The molecule has 4 nitrogen and oxygen atoms in total. The van der Waals surface area contributed by atoms with Gasteiger partial charge in [0.15, 0.2) is 0 Å². The van der Waals surface area contributed by atoms with Gasteiger partial charge in [-0.25, -0.2) is 0 Å². The molecule has 0 aliphatic carbocycles. The maximum Gasteiger partial charge on any atom is 0.120 e. The maximum atomic E-state index is 5.80. The molecule has 0 aliphatic heterocycles. The molecule has 2 rings (SSSR count). The van der Waals surface area contributed by atoms with Crippen LogP contribution in [0.4, 0.5) is 5.69 Å². The molecule has 1 heterocycles. The average molecular weight is 287 g/mol. The van der Waals surface area contributed by atoms with E-state index in [2.05, 4.69) is 36.4 Å². The van der Waals surface area contributed by atoms with E-state index in [9.17, 15) is 0 Å². The molecule has 0 unspecified atom stereocenters. The first-order valence-corrected chi connectivity index (χ1v) is 7.43.